The van der Waals surface area contributed by atoms with Gasteiger partial charge in [0.15, 0.2) is 0 Å². The Kier molecular flexibility index (Phi) is 12.8. The van der Waals surface area contributed by atoms with Gasteiger partial charge < -0.3 is 31.8 Å². The van der Waals surface area contributed by atoms with E-state index in [1.807, 2.05) is 50.4 Å². The van der Waals surface area contributed by atoms with Crippen molar-refractivity contribution >= 4 is 35.5 Å². The Morgan fingerprint density at radius 1 is 0.974 bits per heavy atom. The third-order valence-electron chi connectivity index (χ3n) is 5.81. The van der Waals surface area contributed by atoms with E-state index in [-0.39, 0.29) is 25.2 Å². The molecule has 0 radical (unpaired) electrons. The first kappa shape index (κ1) is 30.8. The number of nitrogens with one attached hydrogen (secondary N) is 4. The predicted octanol–water partition coefficient (Wildman–Crippen LogP) is 0.860. The number of H-pyrrole nitrogens is 1. The Morgan fingerprint density at radius 3 is 2.18 bits per heavy atom. The number of aliphatic carboxylic acids is 1. The fourth-order valence-electron chi connectivity index (χ4n) is 3.82. The number of amides is 3. The summed E-state index contributed by atoms with van der Waals surface area (Å²) in [5, 5.41) is 17.6. The molecule has 2 rings (SSSR count). The molecule has 0 bridgehead atoms. The molecule has 4 atom stereocenters. The largest absolute Gasteiger partial charge is 0.480 e. The fraction of sp³-hybridized carbons (Fsp3) is 0.500. The van der Waals surface area contributed by atoms with E-state index >= 15 is 0 Å². The molecule has 0 aliphatic rings. The van der Waals surface area contributed by atoms with Crippen molar-refractivity contribution < 1.29 is 24.3 Å². The number of carbonyl (C=O) groups is 4. The van der Waals surface area contributed by atoms with Gasteiger partial charge in [0.2, 0.25) is 17.7 Å². The highest BCUT2D eigenvalue weighted by atomic mass is 32.2. The summed E-state index contributed by atoms with van der Waals surface area (Å²) in [4.78, 5) is 57.8. The summed E-state index contributed by atoms with van der Waals surface area (Å²) in [6.45, 7) is 3.90. The van der Waals surface area contributed by atoms with Gasteiger partial charge in [-0.15, -0.1) is 0 Å². The molecule has 0 saturated heterocycles. The number of carboxylic acid groups (broad SMARTS) is 1. The molecule has 2 aromatic rings. The Balaban J connectivity index is 2.18. The minimum atomic E-state index is -1.22. The number of nitrogens with zero attached hydrogens (tertiary/aromatic N) is 1. The molecule has 11 nitrogen and oxygen atoms in total. The molecule has 7 N–H and O–H groups in total. The van der Waals surface area contributed by atoms with E-state index in [9.17, 15) is 24.3 Å². The van der Waals surface area contributed by atoms with Crippen LogP contribution in [0.3, 0.4) is 0 Å². The topological polar surface area (TPSA) is 179 Å². The molecule has 12 heteroatoms. The predicted molar refractivity (Wildman–Crippen MR) is 146 cm³/mol. The molecule has 0 fully saturated rings. The van der Waals surface area contributed by atoms with E-state index in [0.29, 0.717) is 17.9 Å². The maximum atomic E-state index is 13.4. The number of rotatable bonds is 16. The Morgan fingerprint density at radius 2 is 1.61 bits per heavy atom. The summed E-state index contributed by atoms with van der Waals surface area (Å²) < 4.78 is 0. The van der Waals surface area contributed by atoms with Crippen LogP contribution in [0.4, 0.5) is 0 Å². The van der Waals surface area contributed by atoms with Crippen molar-refractivity contribution in [2.45, 2.75) is 63.7 Å². The SMILES string of the molecule is CSCCC(NC(=O)C(Cc1ccccc1)NC(=O)C(N)CC(C)C)C(=O)NC(Cc1cnc[nH]1)C(=O)O. The van der Waals surface area contributed by atoms with Gasteiger partial charge in [-0.3, -0.25) is 14.4 Å². The van der Waals surface area contributed by atoms with Gasteiger partial charge in [-0.1, -0.05) is 44.2 Å². The highest BCUT2D eigenvalue weighted by Crippen LogP contribution is 2.09. The molecule has 0 aliphatic heterocycles. The molecule has 1 heterocycles. The lowest BCUT2D eigenvalue weighted by Crippen LogP contribution is -2.58. The second-order valence-electron chi connectivity index (χ2n) is 9.51. The van der Waals surface area contributed by atoms with Crippen LogP contribution in [0.25, 0.3) is 0 Å². The molecule has 1 aromatic carbocycles. The molecular weight excluding hydrogens is 508 g/mol. The van der Waals surface area contributed by atoms with E-state index < -0.39 is 47.9 Å². The highest BCUT2D eigenvalue weighted by molar-refractivity contribution is 7.98. The van der Waals surface area contributed by atoms with Crippen LogP contribution in [0.15, 0.2) is 42.9 Å². The van der Waals surface area contributed by atoms with Gasteiger partial charge in [0.05, 0.1) is 12.4 Å². The number of benzene rings is 1. The van der Waals surface area contributed by atoms with Crippen LogP contribution in [0.1, 0.15) is 37.9 Å². The molecule has 0 saturated carbocycles. The van der Waals surface area contributed by atoms with Crippen LogP contribution in [0.2, 0.25) is 0 Å². The first-order valence-electron chi connectivity index (χ1n) is 12.5. The van der Waals surface area contributed by atoms with Crippen LogP contribution in [0.5, 0.6) is 0 Å². The second kappa shape index (κ2) is 15.8. The molecule has 38 heavy (non-hydrogen) atoms. The van der Waals surface area contributed by atoms with Crippen molar-refractivity contribution in [2.24, 2.45) is 11.7 Å². The van der Waals surface area contributed by atoms with Gasteiger partial charge in [-0.05, 0) is 36.3 Å². The van der Waals surface area contributed by atoms with Crippen LogP contribution < -0.4 is 21.7 Å². The summed E-state index contributed by atoms with van der Waals surface area (Å²) in [5.41, 5.74) is 7.41. The molecule has 1 aromatic heterocycles. The van der Waals surface area contributed by atoms with Gasteiger partial charge in [0.1, 0.15) is 18.1 Å². The van der Waals surface area contributed by atoms with Crippen molar-refractivity contribution in [1.82, 2.24) is 25.9 Å². The second-order valence-corrected chi connectivity index (χ2v) is 10.5. The number of aromatic amines is 1. The molecular formula is C26H38N6O5S. The third-order valence-corrected chi connectivity index (χ3v) is 6.46. The molecule has 3 amide bonds. The third kappa shape index (κ3) is 10.5. The van der Waals surface area contributed by atoms with Crippen molar-refractivity contribution in [3.8, 4) is 0 Å². The molecule has 0 spiro atoms. The van der Waals surface area contributed by atoms with E-state index in [1.54, 1.807) is 0 Å². The summed E-state index contributed by atoms with van der Waals surface area (Å²) in [6.07, 6.45) is 5.70. The number of thioether (sulfide) groups is 1. The number of aromatic nitrogens is 2. The van der Waals surface area contributed by atoms with Crippen LogP contribution in [0, 0.1) is 5.92 Å². The summed E-state index contributed by atoms with van der Waals surface area (Å²) in [5.74, 6) is -2.10. The van der Waals surface area contributed by atoms with Crippen molar-refractivity contribution in [1.29, 1.82) is 0 Å². The zero-order chi connectivity index (χ0) is 28.1. The van der Waals surface area contributed by atoms with Gasteiger partial charge in [-0.2, -0.15) is 11.8 Å². The zero-order valence-electron chi connectivity index (χ0n) is 22.0. The average molecular weight is 547 g/mol. The first-order chi connectivity index (χ1) is 18.1. The van der Waals surface area contributed by atoms with E-state index in [0.717, 1.165) is 5.56 Å². The van der Waals surface area contributed by atoms with Crippen LogP contribution in [-0.4, -0.2) is 74.9 Å². The molecule has 208 valence electrons. The van der Waals surface area contributed by atoms with Crippen molar-refractivity contribution in [3.05, 3.63) is 54.1 Å². The summed E-state index contributed by atoms with van der Waals surface area (Å²) in [7, 11) is 0. The number of hydrogen-bond donors (Lipinski definition) is 6. The number of carbonyl (C=O) groups excluding carboxylic acids is 3. The minimum Gasteiger partial charge on any atom is -0.480 e. The monoisotopic (exact) mass is 546 g/mol. The lowest BCUT2D eigenvalue weighted by atomic mass is 10.0. The van der Waals surface area contributed by atoms with Crippen LogP contribution in [-0.2, 0) is 32.0 Å². The number of imidazole rings is 1. The van der Waals surface area contributed by atoms with Crippen molar-refractivity contribution in [3.63, 3.8) is 0 Å². The Hall–Kier alpha value is -3.38. The quantitative estimate of drug-likeness (QED) is 0.179. The smallest absolute Gasteiger partial charge is 0.326 e. The molecule has 4 unspecified atom stereocenters. The van der Waals surface area contributed by atoms with E-state index in [4.69, 9.17) is 5.73 Å². The lowest BCUT2D eigenvalue weighted by molar-refractivity contribution is -0.142. The first-order valence-corrected chi connectivity index (χ1v) is 13.9. The minimum absolute atomic E-state index is 0.00466. The maximum Gasteiger partial charge on any atom is 0.326 e. The maximum absolute atomic E-state index is 13.4. The summed E-state index contributed by atoms with van der Waals surface area (Å²) >= 11 is 1.49. The number of hydrogen-bond acceptors (Lipinski definition) is 7. The normalized spacial score (nSPS) is 14.2. The average Bonchev–Trinajstić information content (AvgIpc) is 3.38. The fourth-order valence-corrected chi connectivity index (χ4v) is 4.29. The number of nitrogens with two attached hydrogens (primary N) is 1. The van der Waals surface area contributed by atoms with E-state index in [1.165, 1.54) is 24.3 Å². The highest BCUT2D eigenvalue weighted by Gasteiger charge is 2.30. The van der Waals surface area contributed by atoms with Gasteiger partial charge in [-0.25, -0.2) is 9.78 Å². The lowest BCUT2D eigenvalue weighted by Gasteiger charge is -2.25. The summed E-state index contributed by atoms with van der Waals surface area (Å²) in [6, 6.07) is 5.21. The Bertz CT molecular complexity index is 1030. The van der Waals surface area contributed by atoms with Gasteiger partial charge >= 0.3 is 5.97 Å². The standard InChI is InChI=1S/C26H38N6O5S/c1-16(2)11-19(27)23(33)31-21(12-17-7-5-4-6-8-17)25(35)30-20(9-10-38-3)24(34)32-22(26(36)37)13-18-14-28-15-29-18/h4-8,14-16,19-22H,9-13,27H2,1-3H3,(H,28,29)(H,30,35)(H,31,33)(H,32,34)(H,36,37). The van der Waals surface area contributed by atoms with E-state index in [2.05, 4.69) is 25.9 Å². The zero-order valence-corrected chi connectivity index (χ0v) is 22.8. The Labute approximate surface area is 227 Å². The van der Waals surface area contributed by atoms with Gasteiger partial charge in [0, 0.05) is 24.7 Å². The van der Waals surface area contributed by atoms with Gasteiger partial charge in [0.25, 0.3) is 0 Å². The molecule has 0 aliphatic carbocycles. The van der Waals surface area contributed by atoms with Crippen LogP contribution >= 0.6 is 11.8 Å². The van der Waals surface area contributed by atoms with Crippen molar-refractivity contribution in [2.75, 3.05) is 12.0 Å². The number of carboxylic acids is 1.